The van der Waals surface area contributed by atoms with Crippen molar-refractivity contribution in [2.75, 3.05) is 0 Å². The molecule has 0 amide bonds. The van der Waals surface area contributed by atoms with E-state index < -0.39 is 39.8 Å². The molecule has 9 nitrogen and oxygen atoms in total. The number of nitrogens with zero attached hydrogens (tertiary/aromatic N) is 6. The number of rotatable bonds is 18. The van der Waals surface area contributed by atoms with Gasteiger partial charge < -0.3 is 28.2 Å². The average Bonchev–Trinajstić information content (AvgIpc) is 1.60. The molecule has 0 saturated carbocycles. The quantitative estimate of drug-likeness (QED) is 0.0611. The van der Waals surface area contributed by atoms with Gasteiger partial charge in [-0.05, 0) is 128 Å². The van der Waals surface area contributed by atoms with Gasteiger partial charge in [-0.15, -0.1) is 54.6 Å². The molecule has 9 heterocycles. The van der Waals surface area contributed by atoms with Gasteiger partial charge in [-0.25, -0.2) is 0 Å². The molecule has 0 N–H and O–H groups in total. The van der Waals surface area contributed by atoms with Crippen molar-refractivity contribution in [3.8, 4) is 101 Å². The molecule has 0 aliphatic rings. The maximum Gasteiger partial charge on any atom is 0.120 e. The predicted octanol–water partition coefficient (Wildman–Crippen LogP) is 34.6. The summed E-state index contributed by atoms with van der Waals surface area (Å²) in [5.74, 6) is 24.5. The number of hydrogen-bond donors (Lipinski definition) is 0. The van der Waals surface area contributed by atoms with Crippen LogP contribution in [0.5, 0.6) is 0 Å². The third-order valence-electron chi connectivity index (χ3n) is 26.0. The van der Waals surface area contributed by atoms with E-state index in [1.54, 1.807) is 0 Å². The summed E-state index contributed by atoms with van der Waals surface area (Å²) in [5, 5.41) is 6.66. The molecular weight excluding hydrogens is 2500 g/mol. The van der Waals surface area contributed by atoms with Crippen LogP contribution in [0.1, 0.15) is 147 Å². The molecule has 0 atom stereocenters. The summed E-state index contributed by atoms with van der Waals surface area (Å²) in [6.45, 7) is 29.1. The Morgan fingerprint density at radius 2 is 0.658 bits per heavy atom. The van der Waals surface area contributed by atoms with E-state index in [0.29, 0.717) is 29.6 Å². The van der Waals surface area contributed by atoms with Gasteiger partial charge in [0.15, 0.2) is 0 Å². The van der Waals surface area contributed by atoms with E-state index in [1.165, 1.54) is 79.9 Å². The number of furan rings is 3. The van der Waals surface area contributed by atoms with Crippen molar-refractivity contribution in [1.82, 2.24) is 29.9 Å². The summed E-state index contributed by atoms with van der Waals surface area (Å²) in [4.78, 5) is 27.9. The second-order valence-corrected chi connectivity index (χ2v) is 74.5. The summed E-state index contributed by atoms with van der Waals surface area (Å²) < 4.78 is 23.5. The molecule has 12 aromatic carbocycles. The van der Waals surface area contributed by atoms with Gasteiger partial charge in [0.05, 0.1) is 16.7 Å². The van der Waals surface area contributed by atoms with Crippen LogP contribution in [0.15, 0.2) is 360 Å². The summed E-state index contributed by atoms with van der Waals surface area (Å²) >= 11 is -5.55. The fraction of sp³-hybridized carbons (Fsp3) is 0.221. The molecule has 0 bridgehead atoms. The first-order chi connectivity index (χ1) is 68.6. The predicted molar refractivity (Wildman–Crippen MR) is 612 cm³/mol. The van der Waals surface area contributed by atoms with Crippen LogP contribution in [0.3, 0.4) is 0 Å². The first kappa shape index (κ1) is 112. The first-order valence-electron chi connectivity index (χ1n) is 50.2. The molecule has 9 aromatic heterocycles. The third kappa shape index (κ3) is 27.0. The fourth-order valence-electron chi connectivity index (χ4n) is 18.3. The Labute approximate surface area is 913 Å². The second-order valence-electron chi connectivity index (χ2n) is 42.8. The van der Waals surface area contributed by atoms with E-state index in [4.69, 9.17) is 13.3 Å². The van der Waals surface area contributed by atoms with Gasteiger partial charge in [-0.2, -0.15) is 0 Å². The Balaban J connectivity index is 0.000000148. The van der Waals surface area contributed by atoms with Crippen molar-refractivity contribution in [3.05, 3.63) is 416 Å². The monoisotopic (exact) mass is 2640 g/mol. The van der Waals surface area contributed by atoms with Crippen LogP contribution in [-0.4, -0.2) is 69.7 Å². The number of pyridine rings is 6. The molecule has 21 rings (SSSR count). The largest absolute Gasteiger partial charge is 0.501 e. The van der Waals surface area contributed by atoms with Gasteiger partial charge in [0.2, 0.25) is 0 Å². The van der Waals surface area contributed by atoms with Crippen molar-refractivity contribution in [3.63, 3.8) is 0 Å². The Hall–Kier alpha value is -11.5. The van der Waals surface area contributed by atoms with E-state index in [2.05, 4.69) is 439 Å². The Kier molecular flexibility index (Phi) is 37.9. The minimum Gasteiger partial charge on any atom is -0.501 e. The molecule has 0 saturated heterocycles. The van der Waals surface area contributed by atoms with Crippen molar-refractivity contribution in [1.29, 1.82) is 0 Å². The van der Waals surface area contributed by atoms with Crippen LogP contribution >= 0.6 is 0 Å². The van der Waals surface area contributed by atoms with Gasteiger partial charge in [0.25, 0.3) is 0 Å². The number of aromatic nitrogens is 6. The van der Waals surface area contributed by atoms with Crippen LogP contribution in [0.25, 0.3) is 167 Å². The van der Waals surface area contributed by atoms with E-state index in [0.717, 1.165) is 140 Å². The van der Waals surface area contributed by atoms with E-state index in [1.807, 2.05) is 116 Å². The molecule has 0 spiro atoms. The maximum absolute atomic E-state index is 6.35. The topological polar surface area (TPSA) is 117 Å². The summed E-state index contributed by atoms with van der Waals surface area (Å²) in [7, 11) is 0. The number of fused-ring (bicyclic) bond motifs is 9. The third-order valence-corrected chi connectivity index (χ3v) is 38.8. The molecule has 146 heavy (non-hydrogen) atoms. The molecular formula is C131H130Ge3Ir3N6O3-6. The van der Waals surface area contributed by atoms with Crippen LogP contribution in [0, 0.1) is 42.3 Å². The maximum atomic E-state index is 6.35. The molecule has 3 radical (unpaired) electrons. The molecule has 0 fully saturated rings. The van der Waals surface area contributed by atoms with Gasteiger partial charge in [0, 0.05) is 95.1 Å². The standard InChI is InChI=1S/2C27H22NO.C26H20NO.3C17H22GeN.3Ir/c1-27(2,3)19-15-16-28-23(17-19)21-12-7-13-22-25-20(18-9-5-4-6-10-18)11-8-14-24(25)29-26(21)22;1-18(2)15-19-13-14-28-25(16-19)23-10-6-9-22-24-17-21(20-7-4-3-5-8-20)11-12-26(24)29-27(22)23;1-17(2)19-13-14-27-24(16-19)22-10-6-9-21-23-15-20(18-7-4-3-5-8-18)11-12-25(23)28-26(21)22;3*1-13(2)15-11-17(14-9-7-6-8-10-14)19-12-16(15)18(3,4)5;;;/h4-11,13-17H,1-3H3;3-9,11-14,16-18H,15H2,1-2H3;3-9,11-17H,1-2H3;3*6-9,11-13H,1-5H3;;;/q6*-1;;;. The van der Waals surface area contributed by atoms with Gasteiger partial charge >= 0.3 is 357 Å². The van der Waals surface area contributed by atoms with Crippen molar-refractivity contribution in [2.45, 2.75) is 177 Å². The van der Waals surface area contributed by atoms with Crippen LogP contribution in [-0.2, 0) is 72.2 Å². The molecule has 0 aliphatic heterocycles. The normalized spacial score (nSPS) is 11.5. The van der Waals surface area contributed by atoms with Crippen molar-refractivity contribution >= 4 is 119 Å². The van der Waals surface area contributed by atoms with Crippen LogP contribution < -0.4 is 13.2 Å². The van der Waals surface area contributed by atoms with Gasteiger partial charge in [-0.1, -0.05) is 226 Å². The Morgan fingerprint density at radius 1 is 0.288 bits per heavy atom. The molecule has 15 heteroatoms. The van der Waals surface area contributed by atoms with E-state index in [-0.39, 0.29) is 65.7 Å². The molecule has 747 valence electrons. The van der Waals surface area contributed by atoms with Crippen LogP contribution in [0.2, 0.25) is 51.8 Å². The van der Waals surface area contributed by atoms with Crippen LogP contribution in [0.4, 0.5) is 0 Å². The fourth-order valence-corrected chi connectivity index (χ4v) is 28.9. The SMILES string of the molecule is CC(C)(C)c1ccnc(-c2[c-]ccc3c2oc2cccc(-c4ccccc4)c23)c1.CC(C)Cc1ccnc(-c2[c-]ccc3c2oc2ccc(-c4ccccc4)cc23)c1.CC(C)c1cc(-c2[c-]cccc2)nc[c]1[Ge]([CH3])([CH3])[CH3].CC(C)c1cc(-c2[c-]cccc2)nc[c]1[Ge]([CH3])([CH3])[CH3].CC(C)c1cc(-c2[c-]cccc2)nc[c]1[Ge]([CH3])([CH3])[CH3].CC(C)c1ccnc(-c2[c-]ccc3c2oc2ccc(-c4ccccc4)cc23)c1.[Ir].[Ir].[Ir]. The Bertz CT molecular complexity index is 7690. The number of benzene rings is 12. The zero-order valence-electron chi connectivity index (χ0n) is 87.9. The minimum absolute atomic E-state index is 0. The second kappa shape index (κ2) is 49.6. The minimum atomic E-state index is -1.85. The smallest absolute Gasteiger partial charge is 0.120 e. The van der Waals surface area contributed by atoms with Gasteiger partial charge in [0.1, 0.15) is 16.7 Å². The van der Waals surface area contributed by atoms with E-state index in [9.17, 15) is 0 Å². The van der Waals surface area contributed by atoms with E-state index >= 15 is 0 Å². The zero-order valence-corrected chi connectivity index (χ0v) is 101. The molecule has 21 aromatic rings. The number of hydrogen-bond acceptors (Lipinski definition) is 9. The summed E-state index contributed by atoms with van der Waals surface area (Å²) in [6, 6.07) is 126. The van der Waals surface area contributed by atoms with Gasteiger partial charge in [-0.3, -0.25) is 0 Å². The summed E-state index contributed by atoms with van der Waals surface area (Å²) in [5.41, 5.74) is 32.4. The molecule has 0 aliphatic carbocycles. The Morgan fingerprint density at radius 3 is 1.04 bits per heavy atom. The molecule has 0 unspecified atom stereocenters. The summed E-state index contributed by atoms with van der Waals surface area (Å²) in [6.07, 6.45) is 13.0. The first-order valence-corrected chi connectivity index (χ1v) is 72.2. The van der Waals surface area contributed by atoms with Crippen molar-refractivity contribution < 1.29 is 73.6 Å². The zero-order chi connectivity index (χ0) is 101. The van der Waals surface area contributed by atoms with Crippen molar-refractivity contribution in [2.24, 2.45) is 5.92 Å². The average molecular weight is 2630 g/mol.